The Kier molecular flexibility index (Phi) is 3.99. The van der Waals surface area contributed by atoms with Crippen LogP contribution in [0.3, 0.4) is 0 Å². The van der Waals surface area contributed by atoms with Gasteiger partial charge in [-0.05, 0) is 52.7 Å². The van der Waals surface area contributed by atoms with Gasteiger partial charge in [0.15, 0.2) is 17.4 Å². The second-order valence-corrected chi connectivity index (χ2v) is 4.84. The van der Waals surface area contributed by atoms with Gasteiger partial charge in [-0.2, -0.15) is 0 Å². The quantitative estimate of drug-likeness (QED) is 0.843. The minimum atomic E-state index is -0.970. The maximum absolute atomic E-state index is 13.2. The lowest BCUT2D eigenvalue weighted by molar-refractivity contribution is 0.395. The number of phenols is 1. The maximum atomic E-state index is 13.2. The van der Waals surface area contributed by atoms with Gasteiger partial charge in [0.2, 0.25) is 0 Å². The van der Waals surface area contributed by atoms with Crippen LogP contribution in [0, 0.1) is 18.6 Å². The van der Waals surface area contributed by atoms with Gasteiger partial charge in [0, 0.05) is 6.54 Å². The third-order valence-electron chi connectivity index (χ3n) is 2.61. The number of rotatable bonds is 3. The Morgan fingerprint density at radius 2 is 1.89 bits per heavy atom. The number of aryl methyl sites for hydroxylation is 1. The standard InChI is InChI=1S/C13H11BrF2N2O/c1-7-11(2-3-12(14)18-7)17-6-8-4-9(15)13(19)10(16)5-8/h2-5,17,19H,6H2,1H3. The smallest absolute Gasteiger partial charge is 0.187 e. The van der Waals surface area contributed by atoms with Crippen molar-refractivity contribution in [3.8, 4) is 5.75 Å². The minimum absolute atomic E-state index is 0.234. The molecule has 19 heavy (non-hydrogen) atoms. The van der Waals surface area contributed by atoms with Crippen LogP contribution < -0.4 is 5.32 Å². The molecule has 2 aromatic rings. The normalized spacial score (nSPS) is 10.5. The highest BCUT2D eigenvalue weighted by Gasteiger charge is 2.09. The van der Waals surface area contributed by atoms with Crippen molar-refractivity contribution in [3.63, 3.8) is 0 Å². The molecule has 0 radical (unpaired) electrons. The lowest BCUT2D eigenvalue weighted by Crippen LogP contribution is -2.03. The van der Waals surface area contributed by atoms with E-state index in [9.17, 15) is 8.78 Å². The van der Waals surface area contributed by atoms with E-state index >= 15 is 0 Å². The van der Waals surface area contributed by atoms with Crippen LogP contribution >= 0.6 is 15.9 Å². The fourth-order valence-corrected chi connectivity index (χ4v) is 2.03. The molecule has 0 aliphatic rings. The van der Waals surface area contributed by atoms with Crippen LogP contribution in [0.15, 0.2) is 28.9 Å². The molecule has 0 saturated heterocycles. The Morgan fingerprint density at radius 3 is 2.47 bits per heavy atom. The van der Waals surface area contributed by atoms with E-state index in [0.717, 1.165) is 28.1 Å². The van der Waals surface area contributed by atoms with Crippen molar-refractivity contribution in [3.05, 3.63) is 51.8 Å². The van der Waals surface area contributed by atoms with Crippen molar-refractivity contribution in [2.24, 2.45) is 0 Å². The van der Waals surface area contributed by atoms with Crippen molar-refractivity contribution in [1.29, 1.82) is 0 Å². The number of aromatic hydroxyl groups is 1. The van der Waals surface area contributed by atoms with Crippen LogP contribution in [0.25, 0.3) is 0 Å². The average Bonchev–Trinajstić information content (AvgIpc) is 2.34. The lowest BCUT2D eigenvalue weighted by Gasteiger charge is -2.10. The molecule has 0 spiro atoms. The van der Waals surface area contributed by atoms with Crippen LogP contribution in [0.1, 0.15) is 11.3 Å². The molecular weight excluding hydrogens is 318 g/mol. The summed E-state index contributed by atoms with van der Waals surface area (Å²) in [5, 5.41) is 12.0. The predicted molar refractivity (Wildman–Crippen MR) is 72.0 cm³/mol. The van der Waals surface area contributed by atoms with Crippen LogP contribution in [-0.2, 0) is 6.54 Å². The van der Waals surface area contributed by atoms with Gasteiger partial charge in [0.25, 0.3) is 0 Å². The average molecular weight is 329 g/mol. The van der Waals surface area contributed by atoms with Gasteiger partial charge in [-0.3, -0.25) is 0 Å². The fourth-order valence-electron chi connectivity index (χ4n) is 1.63. The molecule has 0 saturated carbocycles. The first-order chi connectivity index (χ1) is 8.97. The van der Waals surface area contributed by atoms with Crippen LogP contribution in [0.5, 0.6) is 5.75 Å². The first-order valence-electron chi connectivity index (χ1n) is 5.51. The fraction of sp³-hybridized carbons (Fsp3) is 0.154. The van der Waals surface area contributed by atoms with Gasteiger partial charge < -0.3 is 10.4 Å². The highest BCUT2D eigenvalue weighted by atomic mass is 79.9. The second kappa shape index (κ2) is 5.52. The number of pyridine rings is 1. The Hall–Kier alpha value is -1.69. The van der Waals surface area contributed by atoms with Gasteiger partial charge in [-0.1, -0.05) is 0 Å². The summed E-state index contributed by atoms with van der Waals surface area (Å²) in [4.78, 5) is 4.20. The second-order valence-electron chi connectivity index (χ2n) is 4.03. The highest BCUT2D eigenvalue weighted by Crippen LogP contribution is 2.22. The number of phenolic OH excluding ortho intramolecular Hbond substituents is 1. The Labute approximate surface area is 117 Å². The largest absolute Gasteiger partial charge is 0.503 e. The number of hydrogen-bond donors (Lipinski definition) is 2. The molecule has 0 aliphatic carbocycles. The van der Waals surface area contributed by atoms with Crippen molar-refractivity contribution in [2.75, 3.05) is 5.32 Å². The van der Waals surface area contributed by atoms with Crippen LogP contribution in [-0.4, -0.2) is 10.1 Å². The molecule has 6 heteroatoms. The molecule has 0 unspecified atom stereocenters. The number of hydrogen-bond acceptors (Lipinski definition) is 3. The predicted octanol–water partition coefficient (Wildman–Crippen LogP) is 3.75. The van der Waals surface area contributed by atoms with E-state index in [4.69, 9.17) is 5.11 Å². The highest BCUT2D eigenvalue weighted by molar-refractivity contribution is 9.10. The molecule has 1 aromatic carbocycles. The first kappa shape index (κ1) is 13.7. The Balaban J connectivity index is 2.14. The van der Waals surface area contributed by atoms with Crippen molar-refractivity contribution < 1.29 is 13.9 Å². The maximum Gasteiger partial charge on any atom is 0.187 e. The van der Waals surface area contributed by atoms with E-state index in [0.29, 0.717) is 5.56 Å². The molecular formula is C13H11BrF2N2O. The van der Waals surface area contributed by atoms with E-state index in [1.807, 2.05) is 13.0 Å². The van der Waals surface area contributed by atoms with Crippen LogP contribution in [0.2, 0.25) is 0 Å². The molecule has 0 aliphatic heterocycles. The van der Waals surface area contributed by atoms with Crippen molar-refractivity contribution in [2.45, 2.75) is 13.5 Å². The van der Waals surface area contributed by atoms with Gasteiger partial charge in [-0.25, -0.2) is 13.8 Å². The van der Waals surface area contributed by atoms with E-state index in [-0.39, 0.29) is 6.54 Å². The number of halogens is 3. The van der Waals surface area contributed by atoms with Gasteiger partial charge in [0.1, 0.15) is 4.60 Å². The molecule has 2 rings (SSSR count). The minimum Gasteiger partial charge on any atom is -0.503 e. The van der Waals surface area contributed by atoms with E-state index < -0.39 is 17.4 Å². The number of aromatic nitrogens is 1. The van der Waals surface area contributed by atoms with E-state index in [1.54, 1.807) is 6.07 Å². The zero-order valence-corrected chi connectivity index (χ0v) is 11.6. The third kappa shape index (κ3) is 3.20. The van der Waals surface area contributed by atoms with Crippen molar-refractivity contribution >= 4 is 21.6 Å². The van der Waals surface area contributed by atoms with Gasteiger partial charge in [0.05, 0.1) is 11.4 Å². The van der Waals surface area contributed by atoms with Gasteiger partial charge >= 0.3 is 0 Å². The number of nitrogens with zero attached hydrogens (tertiary/aromatic N) is 1. The molecule has 0 atom stereocenters. The molecule has 0 bridgehead atoms. The summed E-state index contributed by atoms with van der Waals surface area (Å²) in [6.07, 6.45) is 0. The molecule has 100 valence electrons. The van der Waals surface area contributed by atoms with E-state index in [2.05, 4.69) is 26.2 Å². The number of anilines is 1. The number of nitrogens with one attached hydrogen (secondary N) is 1. The molecule has 1 aromatic heterocycles. The first-order valence-corrected chi connectivity index (χ1v) is 6.30. The monoisotopic (exact) mass is 328 g/mol. The molecule has 0 amide bonds. The molecule has 2 N–H and O–H groups in total. The Morgan fingerprint density at radius 1 is 1.26 bits per heavy atom. The third-order valence-corrected chi connectivity index (χ3v) is 3.05. The Bertz CT molecular complexity index is 597. The summed E-state index contributed by atoms with van der Waals surface area (Å²) < 4.78 is 27.0. The summed E-state index contributed by atoms with van der Waals surface area (Å²) in [6.45, 7) is 2.06. The van der Waals surface area contributed by atoms with Crippen molar-refractivity contribution in [1.82, 2.24) is 4.98 Å². The summed E-state index contributed by atoms with van der Waals surface area (Å²) in [7, 11) is 0. The molecule has 1 heterocycles. The summed E-state index contributed by atoms with van der Waals surface area (Å²) >= 11 is 3.25. The topological polar surface area (TPSA) is 45.2 Å². The zero-order valence-electron chi connectivity index (χ0n) is 10.0. The van der Waals surface area contributed by atoms with E-state index in [1.165, 1.54) is 0 Å². The number of benzene rings is 1. The molecule has 3 nitrogen and oxygen atoms in total. The SMILES string of the molecule is Cc1nc(Br)ccc1NCc1cc(F)c(O)c(F)c1. The van der Waals surface area contributed by atoms with Gasteiger partial charge in [-0.15, -0.1) is 0 Å². The molecule has 0 fully saturated rings. The summed E-state index contributed by atoms with van der Waals surface area (Å²) in [5.74, 6) is -2.89. The van der Waals surface area contributed by atoms with Crippen LogP contribution in [0.4, 0.5) is 14.5 Å². The summed E-state index contributed by atoms with van der Waals surface area (Å²) in [6, 6.07) is 5.77. The lowest BCUT2D eigenvalue weighted by atomic mass is 10.2. The summed E-state index contributed by atoms with van der Waals surface area (Å²) in [5.41, 5.74) is 1.95. The zero-order chi connectivity index (χ0) is 14.0.